The van der Waals surface area contributed by atoms with Gasteiger partial charge < -0.3 is 10.6 Å². The van der Waals surface area contributed by atoms with Crippen LogP contribution in [0, 0.1) is 0 Å². The molecule has 7 heteroatoms. The van der Waals surface area contributed by atoms with Gasteiger partial charge in [-0.1, -0.05) is 11.6 Å². The van der Waals surface area contributed by atoms with Crippen LogP contribution in [0.4, 0.5) is 4.79 Å². The molecule has 0 aromatic heterocycles. The lowest BCUT2D eigenvalue weighted by atomic mass is 9.97. The molecule has 128 valence electrons. The van der Waals surface area contributed by atoms with Gasteiger partial charge in [0.1, 0.15) is 12.6 Å². The number of allylic oxidation sites excluding steroid dienone is 1. The molecule has 1 fully saturated rings. The predicted octanol–water partition coefficient (Wildman–Crippen LogP) is 1.67. The minimum atomic E-state index is -0.491. The smallest absolute Gasteiger partial charge is 0.325 e. The third kappa shape index (κ3) is 5.27. The van der Waals surface area contributed by atoms with E-state index in [0.29, 0.717) is 13.0 Å². The Morgan fingerprint density at radius 3 is 2.96 bits per heavy atom. The Morgan fingerprint density at radius 2 is 2.26 bits per heavy atom. The fourth-order valence-corrected chi connectivity index (χ4v) is 3.32. The van der Waals surface area contributed by atoms with Crippen LogP contribution in [0.2, 0.25) is 0 Å². The molecule has 0 saturated carbocycles. The van der Waals surface area contributed by atoms with E-state index < -0.39 is 12.1 Å². The summed E-state index contributed by atoms with van der Waals surface area (Å²) in [6.07, 6.45) is 10.4. The van der Waals surface area contributed by atoms with E-state index in [1.165, 1.54) is 18.4 Å². The Labute approximate surface area is 141 Å². The van der Waals surface area contributed by atoms with Gasteiger partial charge in [-0.05, 0) is 50.5 Å². The second-order valence-corrected chi connectivity index (χ2v) is 6.90. The molecule has 1 aliphatic heterocycles. The fourth-order valence-electron chi connectivity index (χ4n) is 2.85. The number of nitrogens with one attached hydrogen (secondary N) is 2. The van der Waals surface area contributed by atoms with E-state index in [1.54, 1.807) is 11.8 Å². The van der Waals surface area contributed by atoms with Gasteiger partial charge in [-0.3, -0.25) is 14.5 Å². The number of carbonyl (C=O) groups excluding carboxylic acids is 3. The van der Waals surface area contributed by atoms with Gasteiger partial charge in [0.2, 0.25) is 5.91 Å². The van der Waals surface area contributed by atoms with Gasteiger partial charge in [-0.25, -0.2) is 4.79 Å². The molecule has 0 unspecified atom stereocenters. The van der Waals surface area contributed by atoms with E-state index in [-0.39, 0.29) is 18.4 Å². The van der Waals surface area contributed by atoms with Crippen LogP contribution in [-0.2, 0) is 9.59 Å². The molecule has 2 aliphatic rings. The summed E-state index contributed by atoms with van der Waals surface area (Å²) in [6.45, 7) is 0.365. The molecule has 1 saturated heterocycles. The van der Waals surface area contributed by atoms with Crippen molar-refractivity contribution in [1.82, 2.24) is 15.5 Å². The highest BCUT2D eigenvalue weighted by Gasteiger charge is 2.38. The van der Waals surface area contributed by atoms with Gasteiger partial charge in [0.15, 0.2) is 0 Å². The van der Waals surface area contributed by atoms with Crippen molar-refractivity contribution in [3.05, 3.63) is 11.6 Å². The van der Waals surface area contributed by atoms with Crippen LogP contribution in [-0.4, -0.2) is 53.9 Å². The van der Waals surface area contributed by atoms with Gasteiger partial charge in [0, 0.05) is 6.54 Å². The molecule has 1 aliphatic carbocycles. The van der Waals surface area contributed by atoms with E-state index in [9.17, 15) is 14.4 Å². The molecule has 0 aromatic rings. The van der Waals surface area contributed by atoms with E-state index in [0.717, 1.165) is 29.9 Å². The topological polar surface area (TPSA) is 78.5 Å². The van der Waals surface area contributed by atoms with Crippen LogP contribution in [0.25, 0.3) is 0 Å². The first-order chi connectivity index (χ1) is 11.1. The first kappa shape index (κ1) is 17.8. The second-order valence-electron chi connectivity index (χ2n) is 5.92. The van der Waals surface area contributed by atoms with E-state index >= 15 is 0 Å². The molecule has 0 aromatic carbocycles. The number of thioether (sulfide) groups is 1. The van der Waals surface area contributed by atoms with Crippen LogP contribution in [0.15, 0.2) is 11.6 Å². The Balaban J connectivity index is 1.72. The van der Waals surface area contributed by atoms with Crippen LogP contribution in [0.1, 0.15) is 38.5 Å². The first-order valence-corrected chi connectivity index (χ1v) is 9.56. The molecule has 0 bridgehead atoms. The van der Waals surface area contributed by atoms with Crippen molar-refractivity contribution >= 4 is 29.6 Å². The second kappa shape index (κ2) is 8.96. The third-order valence-electron chi connectivity index (χ3n) is 4.17. The summed E-state index contributed by atoms with van der Waals surface area (Å²) < 4.78 is 0. The number of urea groups is 1. The zero-order valence-corrected chi connectivity index (χ0v) is 14.4. The van der Waals surface area contributed by atoms with Crippen LogP contribution in [0.5, 0.6) is 0 Å². The van der Waals surface area contributed by atoms with Gasteiger partial charge in [-0.2, -0.15) is 11.8 Å². The molecule has 1 atom stereocenters. The van der Waals surface area contributed by atoms with E-state index in [4.69, 9.17) is 0 Å². The van der Waals surface area contributed by atoms with Gasteiger partial charge >= 0.3 is 6.03 Å². The minimum Gasteiger partial charge on any atom is -0.354 e. The monoisotopic (exact) mass is 339 g/mol. The van der Waals surface area contributed by atoms with Crippen molar-refractivity contribution in [1.29, 1.82) is 0 Å². The molecule has 2 rings (SSSR count). The summed E-state index contributed by atoms with van der Waals surface area (Å²) in [6, 6.07) is -0.957. The lowest BCUT2D eigenvalue weighted by Crippen LogP contribution is -2.41. The van der Waals surface area contributed by atoms with Crippen molar-refractivity contribution < 1.29 is 14.4 Å². The van der Waals surface area contributed by atoms with Crippen LogP contribution in [0.3, 0.4) is 0 Å². The highest BCUT2D eigenvalue weighted by atomic mass is 32.2. The average Bonchev–Trinajstić information content (AvgIpc) is 2.81. The molecular formula is C16H25N3O3S. The van der Waals surface area contributed by atoms with Crippen molar-refractivity contribution in [3.63, 3.8) is 0 Å². The molecular weight excluding hydrogens is 314 g/mol. The first-order valence-electron chi connectivity index (χ1n) is 8.17. The largest absolute Gasteiger partial charge is 0.354 e. The Morgan fingerprint density at radius 1 is 1.43 bits per heavy atom. The number of hydrogen-bond acceptors (Lipinski definition) is 4. The molecule has 0 spiro atoms. The summed E-state index contributed by atoms with van der Waals surface area (Å²) in [5.41, 5.74) is 1.39. The van der Waals surface area contributed by atoms with Gasteiger partial charge in [-0.15, -0.1) is 0 Å². The number of imide groups is 1. The summed E-state index contributed by atoms with van der Waals surface area (Å²) in [4.78, 5) is 36.9. The normalized spacial score (nSPS) is 21.2. The molecule has 23 heavy (non-hydrogen) atoms. The maximum atomic E-state index is 12.1. The Bertz CT molecular complexity index is 493. The van der Waals surface area contributed by atoms with E-state index in [2.05, 4.69) is 16.7 Å². The molecule has 4 amide bonds. The third-order valence-corrected chi connectivity index (χ3v) is 4.82. The number of hydrogen-bond donors (Lipinski definition) is 2. The maximum Gasteiger partial charge on any atom is 0.325 e. The SMILES string of the molecule is CSCC[C@@H]1NC(=O)N(CC(=O)NCCC2=CCCCC2)C1=O. The quantitative estimate of drug-likeness (QED) is 0.521. The average molecular weight is 339 g/mol. The molecule has 1 heterocycles. The molecule has 2 N–H and O–H groups in total. The van der Waals surface area contributed by atoms with Crippen molar-refractivity contribution in [2.75, 3.05) is 25.1 Å². The minimum absolute atomic E-state index is 0.195. The Kier molecular flexibility index (Phi) is 6.95. The number of rotatable bonds is 8. The zero-order chi connectivity index (χ0) is 16.7. The summed E-state index contributed by atoms with van der Waals surface area (Å²) in [7, 11) is 0. The number of amides is 4. The lowest BCUT2D eigenvalue weighted by Gasteiger charge is -2.15. The lowest BCUT2D eigenvalue weighted by molar-refractivity contribution is -0.132. The highest BCUT2D eigenvalue weighted by molar-refractivity contribution is 7.98. The van der Waals surface area contributed by atoms with Crippen LogP contribution >= 0.6 is 11.8 Å². The van der Waals surface area contributed by atoms with E-state index in [1.807, 2.05) is 6.26 Å². The summed E-state index contributed by atoms with van der Waals surface area (Å²) in [5.74, 6) is 0.218. The molecule has 0 radical (unpaired) electrons. The number of carbonyl (C=O) groups is 3. The summed E-state index contributed by atoms with van der Waals surface area (Å²) >= 11 is 1.62. The zero-order valence-electron chi connectivity index (χ0n) is 13.6. The van der Waals surface area contributed by atoms with Crippen molar-refractivity contribution in [3.8, 4) is 0 Å². The fraction of sp³-hybridized carbons (Fsp3) is 0.688. The standard InChI is InChI=1S/C16H25N3O3S/c1-23-10-8-13-15(21)19(16(22)18-13)11-14(20)17-9-7-12-5-3-2-4-6-12/h5,13H,2-4,6-11H2,1H3,(H,17,20)(H,18,22)/t13-/m0/s1. The van der Waals surface area contributed by atoms with Crippen molar-refractivity contribution in [2.45, 2.75) is 44.6 Å². The van der Waals surface area contributed by atoms with Gasteiger partial charge in [0.05, 0.1) is 0 Å². The Hall–Kier alpha value is -1.50. The number of nitrogens with zero attached hydrogens (tertiary/aromatic N) is 1. The summed E-state index contributed by atoms with van der Waals surface area (Å²) in [5, 5.41) is 5.43. The maximum absolute atomic E-state index is 12.1. The predicted molar refractivity (Wildman–Crippen MR) is 91.2 cm³/mol. The van der Waals surface area contributed by atoms with Crippen molar-refractivity contribution in [2.24, 2.45) is 0 Å². The van der Waals surface area contributed by atoms with Gasteiger partial charge in [0.25, 0.3) is 5.91 Å². The highest BCUT2D eigenvalue weighted by Crippen LogP contribution is 2.19. The van der Waals surface area contributed by atoms with Crippen LogP contribution < -0.4 is 10.6 Å². The molecule has 6 nitrogen and oxygen atoms in total.